The van der Waals surface area contributed by atoms with Crippen molar-refractivity contribution in [2.24, 2.45) is 0 Å². The van der Waals surface area contributed by atoms with Gasteiger partial charge in [-0.15, -0.1) is 0 Å². The van der Waals surface area contributed by atoms with Gasteiger partial charge in [-0.1, -0.05) is 23.7 Å². The molecule has 1 unspecified atom stereocenters. The smallest absolute Gasteiger partial charge is 0.148 e. The lowest BCUT2D eigenvalue weighted by Gasteiger charge is -2.10. The third-order valence-electron chi connectivity index (χ3n) is 3.04. The van der Waals surface area contributed by atoms with Gasteiger partial charge in [0.1, 0.15) is 23.3 Å². The van der Waals surface area contributed by atoms with Gasteiger partial charge >= 0.3 is 0 Å². The van der Waals surface area contributed by atoms with Crippen LogP contribution in [0.5, 0.6) is 0 Å². The van der Waals surface area contributed by atoms with Crippen LogP contribution in [0.25, 0.3) is 11.0 Å². The summed E-state index contributed by atoms with van der Waals surface area (Å²) in [6.07, 6.45) is -1.11. The summed E-state index contributed by atoms with van der Waals surface area (Å²) < 4.78 is 19.7. The van der Waals surface area contributed by atoms with E-state index in [-0.39, 0.29) is 5.56 Å². The molecule has 0 aliphatic carbocycles. The highest BCUT2D eigenvalue weighted by atomic mass is 79.9. The number of fused-ring (bicyclic) bond motifs is 1. The fraction of sp³-hybridized carbons (Fsp3) is 0.0667. The van der Waals surface area contributed by atoms with Gasteiger partial charge in [0.05, 0.1) is 4.47 Å². The Balaban J connectivity index is 2.10. The first-order valence-electron chi connectivity index (χ1n) is 5.87. The number of hydrogen-bond donors (Lipinski definition) is 1. The van der Waals surface area contributed by atoms with Crippen molar-refractivity contribution in [1.82, 2.24) is 0 Å². The van der Waals surface area contributed by atoms with Crippen LogP contribution < -0.4 is 0 Å². The zero-order chi connectivity index (χ0) is 14.3. The highest BCUT2D eigenvalue weighted by molar-refractivity contribution is 9.10. The topological polar surface area (TPSA) is 33.4 Å². The van der Waals surface area contributed by atoms with Crippen LogP contribution in [0.15, 0.2) is 51.4 Å². The van der Waals surface area contributed by atoms with Gasteiger partial charge in [-0.2, -0.15) is 0 Å². The number of furan rings is 1. The Labute approximate surface area is 127 Å². The van der Waals surface area contributed by atoms with E-state index in [0.717, 1.165) is 9.86 Å². The Bertz CT molecular complexity index is 785. The molecule has 1 heterocycles. The number of aliphatic hydroxyl groups is 1. The highest BCUT2D eigenvalue weighted by Crippen LogP contribution is 2.34. The molecule has 0 spiro atoms. The molecular formula is C15H9BrClFO2. The van der Waals surface area contributed by atoms with Crippen molar-refractivity contribution >= 4 is 38.5 Å². The molecule has 3 aromatic rings. The summed E-state index contributed by atoms with van der Waals surface area (Å²) in [7, 11) is 0. The summed E-state index contributed by atoms with van der Waals surface area (Å²) in [6, 6.07) is 11.2. The van der Waals surface area contributed by atoms with Gasteiger partial charge in [0.25, 0.3) is 0 Å². The number of rotatable bonds is 2. The van der Waals surface area contributed by atoms with E-state index in [1.54, 1.807) is 6.07 Å². The van der Waals surface area contributed by atoms with Crippen molar-refractivity contribution in [3.05, 3.63) is 69.1 Å². The molecule has 20 heavy (non-hydrogen) atoms. The molecule has 3 rings (SSSR count). The molecule has 0 saturated heterocycles. The molecule has 0 fully saturated rings. The maximum absolute atomic E-state index is 13.3. The fourth-order valence-electron chi connectivity index (χ4n) is 2.06. The third kappa shape index (κ3) is 2.35. The Kier molecular flexibility index (Phi) is 3.54. The maximum atomic E-state index is 13.3. The van der Waals surface area contributed by atoms with Gasteiger partial charge in [0.2, 0.25) is 0 Å². The molecule has 5 heteroatoms. The second-order valence-electron chi connectivity index (χ2n) is 4.38. The lowest BCUT2D eigenvalue weighted by molar-refractivity contribution is 0.192. The van der Waals surface area contributed by atoms with Crippen LogP contribution in [0, 0.1) is 5.82 Å². The summed E-state index contributed by atoms with van der Waals surface area (Å²) in [4.78, 5) is 0. The van der Waals surface area contributed by atoms with E-state index < -0.39 is 11.9 Å². The molecule has 2 aromatic carbocycles. The maximum Gasteiger partial charge on any atom is 0.148 e. The van der Waals surface area contributed by atoms with E-state index in [2.05, 4.69) is 15.9 Å². The molecule has 0 amide bonds. The predicted octanol–water partition coefficient (Wildman–Crippen LogP) is 5.07. The van der Waals surface area contributed by atoms with E-state index in [1.807, 2.05) is 18.2 Å². The molecule has 0 radical (unpaired) electrons. The Morgan fingerprint density at radius 2 is 2.00 bits per heavy atom. The van der Waals surface area contributed by atoms with Crippen LogP contribution in [0.2, 0.25) is 5.02 Å². The summed E-state index contributed by atoms with van der Waals surface area (Å²) >= 11 is 9.37. The van der Waals surface area contributed by atoms with Crippen LogP contribution in [-0.2, 0) is 0 Å². The first-order chi connectivity index (χ1) is 9.56. The number of halogens is 3. The van der Waals surface area contributed by atoms with Crippen molar-refractivity contribution < 1.29 is 13.9 Å². The van der Waals surface area contributed by atoms with Crippen LogP contribution in [0.1, 0.15) is 17.4 Å². The van der Waals surface area contributed by atoms with E-state index >= 15 is 0 Å². The Hall–Kier alpha value is -1.36. The minimum atomic E-state index is -1.11. The second kappa shape index (κ2) is 5.20. The average molecular weight is 356 g/mol. The van der Waals surface area contributed by atoms with E-state index in [1.165, 1.54) is 18.2 Å². The second-order valence-corrected chi connectivity index (χ2v) is 5.64. The summed E-state index contributed by atoms with van der Waals surface area (Å²) in [5, 5.41) is 11.5. The molecular weight excluding hydrogens is 347 g/mol. The van der Waals surface area contributed by atoms with Crippen LogP contribution in [0.3, 0.4) is 0 Å². The molecule has 1 N–H and O–H groups in total. The first-order valence-corrected chi connectivity index (χ1v) is 7.04. The van der Waals surface area contributed by atoms with Gasteiger partial charge in [0.15, 0.2) is 0 Å². The predicted molar refractivity (Wildman–Crippen MR) is 79.4 cm³/mol. The monoisotopic (exact) mass is 354 g/mol. The number of benzene rings is 2. The lowest BCUT2D eigenvalue weighted by atomic mass is 10.1. The third-order valence-corrected chi connectivity index (χ3v) is 4.01. The van der Waals surface area contributed by atoms with Gasteiger partial charge in [-0.3, -0.25) is 0 Å². The molecule has 2 nitrogen and oxygen atoms in total. The largest absolute Gasteiger partial charge is 0.457 e. The zero-order valence-electron chi connectivity index (χ0n) is 10.1. The summed E-state index contributed by atoms with van der Waals surface area (Å²) in [5.74, 6) is -0.139. The fourth-order valence-corrected chi connectivity index (χ4v) is 2.74. The van der Waals surface area contributed by atoms with Crippen LogP contribution >= 0.6 is 27.5 Å². The van der Waals surface area contributed by atoms with Crippen LogP contribution in [-0.4, -0.2) is 5.11 Å². The van der Waals surface area contributed by atoms with Crippen molar-refractivity contribution in [2.75, 3.05) is 0 Å². The zero-order valence-corrected chi connectivity index (χ0v) is 12.5. The number of hydrogen-bond acceptors (Lipinski definition) is 2. The quantitative estimate of drug-likeness (QED) is 0.696. The number of aliphatic hydroxyl groups excluding tert-OH is 1. The van der Waals surface area contributed by atoms with E-state index in [4.69, 9.17) is 16.0 Å². The van der Waals surface area contributed by atoms with Gasteiger partial charge in [-0.25, -0.2) is 4.39 Å². The van der Waals surface area contributed by atoms with Crippen LogP contribution in [0.4, 0.5) is 4.39 Å². The van der Waals surface area contributed by atoms with Crippen molar-refractivity contribution in [3.63, 3.8) is 0 Å². The van der Waals surface area contributed by atoms with Gasteiger partial charge in [0, 0.05) is 16.0 Å². The SMILES string of the molecule is OC(c1cc2cccc(Br)c2o1)c1cc(F)ccc1Cl. The summed E-state index contributed by atoms with van der Waals surface area (Å²) in [5.41, 5.74) is 0.913. The normalized spacial score (nSPS) is 12.8. The molecule has 0 aliphatic rings. The number of para-hydroxylation sites is 1. The first kappa shape index (κ1) is 13.6. The standard InChI is InChI=1S/C15H9BrClFO2/c16-11-3-1-2-8-6-13(20-15(8)11)14(19)10-7-9(18)4-5-12(10)17/h1-7,14,19H. The van der Waals surface area contributed by atoms with Crippen molar-refractivity contribution in [1.29, 1.82) is 0 Å². The van der Waals surface area contributed by atoms with E-state index in [0.29, 0.717) is 16.4 Å². The minimum Gasteiger partial charge on any atom is -0.457 e. The molecule has 0 bridgehead atoms. The molecule has 0 aliphatic heterocycles. The molecule has 0 saturated carbocycles. The van der Waals surface area contributed by atoms with Crippen molar-refractivity contribution in [2.45, 2.75) is 6.10 Å². The summed E-state index contributed by atoms with van der Waals surface area (Å²) in [6.45, 7) is 0. The van der Waals surface area contributed by atoms with Gasteiger partial charge < -0.3 is 9.52 Å². The average Bonchev–Trinajstić information content (AvgIpc) is 2.86. The minimum absolute atomic E-state index is 0.279. The molecule has 1 aromatic heterocycles. The Morgan fingerprint density at radius 1 is 1.20 bits per heavy atom. The Morgan fingerprint density at radius 3 is 2.75 bits per heavy atom. The van der Waals surface area contributed by atoms with Crippen molar-refractivity contribution in [3.8, 4) is 0 Å². The highest BCUT2D eigenvalue weighted by Gasteiger charge is 2.19. The molecule has 1 atom stereocenters. The molecule has 102 valence electrons. The van der Waals surface area contributed by atoms with E-state index in [9.17, 15) is 9.50 Å². The lowest BCUT2D eigenvalue weighted by Crippen LogP contribution is -1.99. The van der Waals surface area contributed by atoms with Gasteiger partial charge in [-0.05, 0) is 46.3 Å².